The molecule has 4 heteroatoms. The van der Waals surface area contributed by atoms with Gasteiger partial charge in [-0.1, -0.05) is 6.07 Å². The maximum Gasteiger partial charge on any atom is 0.146 e. The van der Waals surface area contributed by atoms with Crippen LogP contribution in [0, 0.1) is 3.57 Å². The zero-order chi connectivity index (χ0) is 11.4. The molecule has 16 heavy (non-hydrogen) atoms. The highest BCUT2D eigenvalue weighted by Crippen LogP contribution is 2.22. The van der Waals surface area contributed by atoms with E-state index in [9.17, 15) is 0 Å². The van der Waals surface area contributed by atoms with E-state index < -0.39 is 0 Å². The van der Waals surface area contributed by atoms with Gasteiger partial charge in [0, 0.05) is 16.3 Å². The fourth-order valence-corrected chi connectivity index (χ4v) is 1.81. The van der Waals surface area contributed by atoms with Gasteiger partial charge in [0.05, 0.1) is 6.20 Å². The maximum absolute atomic E-state index is 5.68. The molecule has 0 atom stereocenters. The van der Waals surface area contributed by atoms with Crippen LogP contribution in [0.15, 0.2) is 42.7 Å². The van der Waals surface area contributed by atoms with Crippen molar-refractivity contribution in [3.05, 3.63) is 51.9 Å². The van der Waals surface area contributed by atoms with Crippen LogP contribution in [-0.4, -0.2) is 4.98 Å². The van der Waals surface area contributed by atoms with Crippen molar-refractivity contribution in [3.63, 3.8) is 0 Å². The third-order valence-corrected chi connectivity index (χ3v) is 2.71. The first-order valence-electron chi connectivity index (χ1n) is 4.85. The Kier molecular flexibility index (Phi) is 3.74. The van der Waals surface area contributed by atoms with Crippen molar-refractivity contribution >= 4 is 22.6 Å². The molecule has 0 amide bonds. The van der Waals surface area contributed by atoms with Gasteiger partial charge < -0.3 is 10.5 Å². The number of halogens is 1. The molecule has 2 rings (SSSR count). The minimum atomic E-state index is 0.469. The van der Waals surface area contributed by atoms with Crippen molar-refractivity contribution < 1.29 is 4.74 Å². The average molecular weight is 326 g/mol. The topological polar surface area (TPSA) is 48.1 Å². The van der Waals surface area contributed by atoms with Gasteiger partial charge in [-0.3, -0.25) is 4.98 Å². The Balaban J connectivity index is 2.20. The van der Waals surface area contributed by atoms with E-state index in [0.717, 1.165) is 14.9 Å². The first kappa shape index (κ1) is 11.3. The Morgan fingerprint density at radius 2 is 2.06 bits per heavy atom. The lowest BCUT2D eigenvalue weighted by Crippen LogP contribution is -1.97. The van der Waals surface area contributed by atoms with Gasteiger partial charge in [-0.05, 0) is 52.4 Å². The predicted molar refractivity (Wildman–Crippen MR) is 71.4 cm³/mol. The quantitative estimate of drug-likeness (QED) is 0.883. The number of rotatable bonds is 3. The Morgan fingerprint density at radius 1 is 1.19 bits per heavy atom. The second-order valence-electron chi connectivity index (χ2n) is 3.29. The van der Waals surface area contributed by atoms with Gasteiger partial charge in [-0.15, -0.1) is 0 Å². The zero-order valence-electron chi connectivity index (χ0n) is 8.56. The summed E-state index contributed by atoms with van der Waals surface area (Å²) in [4.78, 5) is 4.07. The number of hydrogen-bond donors (Lipinski definition) is 1. The Hall–Kier alpha value is -1.14. The molecular formula is C12H11IN2O. The largest absolute Gasteiger partial charge is 0.456 e. The molecule has 0 saturated carbocycles. The SMILES string of the molecule is NCc1cncc(Oc2cccc(I)c2)c1. The summed E-state index contributed by atoms with van der Waals surface area (Å²) >= 11 is 2.25. The molecule has 2 aromatic rings. The fourth-order valence-electron chi connectivity index (χ4n) is 1.30. The van der Waals surface area contributed by atoms with Crippen LogP contribution in [0.2, 0.25) is 0 Å². The predicted octanol–water partition coefficient (Wildman–Crippen LogP) is 2.94. The summed E-state index contributed by atoms with van der Waals surface area (Å²) in [5.74, 6) is 1.52. The van der Waals surface area contributed by atoms with Crippen LogP contribution in [-0.2, 0) is 6.54 Å². The molecule has 0 bridgehead atoms. The van der Waals surface area contributed by atoms with Crippen LogP contribution >= 0.6 is 22.6 Å². The molecule has 0 aliphatic carbocycles. The summed E-state index contributed by atoms with van der Waals surface area (Å²) in [5.41, 5.74) is 6.50. The lowest BCUT2D eigenvalue weighted by atomic mass is 10.3. The van der Waals surface area contributed by atoms with Crippen LogP contribution in [0.4, 0.5) is 0 Å². The van der Waals surface area contributed by atoms with E-state index in [1.807, 2.05) is 30.3 Å². The molecule has 0 saturated heterocycles. The summed E-state index contributed by atoms with van der Waals surface area (Å²) in [6.45, 7) is 0.469. The summed E-state index contributed by atoms with van der Waals surface area (Å²) in [6, 6.07) is 9.75. The van der Waals surface area contributed by atoms with E-state index in [1.165, 1.54) is 0 Å². The van der Waals surface area contributed by atoms with E-state index in [0.29, 0.717) is 12.3 Å². The first-order chi connectivity index (χ1) is 7.78. The number of benzene rings is 1. The fraction of sp³-hybridized carbons (Fsp3) is 0.0833. The number of aromatic nitrogens is 1. The van der Waals surface area contributed by atoms with Crippen LogP contribution < -0.4 is 10.5 Å². The van der Waals surface area contributed by atoms with Gasteiger partial charge >= 0.3 is 0 Å². The van der Waals surface area contributed by atoms with Gasteiger partial charge in [0.2, 0.25) is 0 Å². The molecule has 0 aliphatic rings. The Bertz CT molecular complexity index is 488. The maximum atomic E-state index is 5.68. The smallest absolute Gasteiger partial charge is 0.146 e. The number of nitrogens with zero attached hydrogens (tertiary/aromatic N) is 1. The minimum Gasteiger partial charge on any atom is -0.456 e. The second-order valence-corrected chi connectivity index (χ2v) is 4.54. The number of hydrogen-bond acceptors (Lipinski definition) is 3. The lowest BCUT2D eigenvalue weighted by Gasteiger charge is -2.06. The van der Waals surface area contributed by atoms with Crippen molar-refractivity contribution in [2.75, 3.05) is 0 Å². The minimum absolute atomic E-state index is 0.469. The third kappa shape index (κ3) is 2.93. The van der Waals surface area contributed by atoms with Crippen molar-refractivity contribution in [1.82, 2.24) is 4.98 Å². The summed E-state index contributed by atoms with van der Waals surface area (Å²) in [6.07, 6.45) is 3.42. The molecule has 0 radical (unpaired) electrons. The molecule has 0 fully saturated rings. The number of ether oxygens (including phenoxy) is 1. The van der Waals surface area contributed by atoms with E-state index in [1.54, 1.807) is 12.4 Å². The molecule has 3 nitrogen and oxygen atoms in total. The molecule has 1 heterocycles. The Labute approximate surface area is 108 Å². The molecule has 1 aromatic heterocycles. The van der Waals surface area contributed by atoms with Gasteiger partial charge in [0.15, 0.2) is 0 Å². The third-order valence-electron chi connectivity index (χ3n) is 2.04. The zero-order valence-corrected chi connectivity index (χ0v) is 10.7. The molecule has 0 spiro atoms. The van der Waals surface area contributed by atoms with E-state index >= 15 is 0 Å². The molecule has 0 aliphatic heterocycles. The molecular weight excluding hydrogens is 315 g/mol. The summed E-state index contributed by atoms with van der Waals surface area (Å²) < 4.78 is 6.82. The van der Waals surface area contributed by atoms with Crippen LogP contribution in [0.3, 0.4) is 0 Å². The highest BCUT2D eigenvalue weighted by molar-refractivity contribution is 14.1. The second kappa shape index (κ2) is 5.27. The standard InChI is InChI=1S/C12H11IN2O/c13-10-2-1-3-11(5-10)16-12-4-9(6-14)7-15-8-12/h1-5,7-8H,6,14H2. The average Bonchev–Trinajstić information content (AvgIpc) is 2.29. The van der Waals surface area contributed by atoms with Gasteiger partial charge in [0.1, 0.15) is 11.5 Å². The van der Waals surface area contributed by atoms with Gasteiger partial charge in [0.25, 0.3) is 0 Å². The normalized spacial score (nSPS) is 10.1. The van der Waals surface area contributed by atoms with E-state index in [4.69, 9.17) is 10.5 Å². The van der Waals surface area contributed by atoms with Gasteiger partial charge in [-0.25, -0.2) is 0 Å². The van der Waals surface area contributed by atoms with Crippen LogP contribution in [0.5, 0.6) is 11.5 Å². The molecule has 2 N–H and O–H groups in total. The van der Waals surface area contributed by atoms with Crippen molar-refractivity contribution in [2.24, 2.45) is 5.73 Å². The van der Waals surface area contributed by atoms with Crippen molar-refractivity contribution in [3.8, 4) is 11.5 Å². The number of pyridine rings is 1. The summed E-state index contributed by atoms with van der Waals surface area (Å²) in [7, 11) is 0. The Morgan fingerprint density at radius 3 is 2.81 bits per heavy atom. The van der Waals surface area contributed by atoms with Crippen LogP contribution in [0.25, 0.3) is 0 Å². The van der Waals surface area contributed by atoms with Gasteiger partial charge in [-0.2, -0.15) is 0 Å². The molecule has 0 unspecified atom stereocenters. The van der Waals surface area contributed by atoms with Crippen molar-refractivity contribution in [1.29, 1.82) is 0 Å². The summed E-state index contributed by atoms with van der Waals surface area (Å²) in [5, 5.41) is 0. The first-order valence-corrected chi connectivity index (χ1v) is 5.93. The van der Waals surface area contributed by atoms with Crippen LogP contribution in [0.1, 0.15) is 5.56 Å². The van der Waals surface area contributed by atoms with Crippen molar-refractivity contribution in [2.45, 2.75) is 6.54 Å². The highest BCUT2D eigenvalue weighted by atomic mass is 127. The molecule has 1 aromatic carbocycles. The number of nitrogens with two attached hydrogens (primary N) is 1. The molecule has 82 valence electrons. The monoisotopic (exact) mass is 326 g/mol. The lowest BCUT2D eigenvalue weighted by molar-refractivity contribution is 0.479. The van der Waals surface area contributed by atoms with E-state index in [2.05, 4.69) is 27.6 Å². The highest BCUT2D eigenvalue weighted by Gasteiger charge is 1.99. The van der Waals surface area contributed by atoms with E-state index in [-0.39, 0.29) is 0 Å².